The third-order valence-electron chi connectivity index (χ3n) is 3.60. The lowest BCUT2D eigenvalue weighted by atomic mass is 9.98. The summed E-state index contributed by atoms with van der Waals surface area (Å²) < 4.78 is 5.56. The maximum Gasteiger partial charge on any atom is 0.311 e. The average molecular weight is 292 g/mol. The molecule has 2 rings (SSSR count). The molecule has 0 bridgehead atoms. The Hall–Kier alpha value is -2.11. The predicted octanol–water partition coefficient (Wildman–Crippen LogP) is 2.80. The fourth-order valence-corrected chi connectivity index (χ4v) is 2.49. The quantitative estimate of drug-likeness (QED) is 0.474. The summed E-state index contributed by atoms with van der Waals surface area (Å²) in [5, 5.41) is 11.0. The van der Waals surface area contributed by atoms with Crippen LogP contribution in [0.4, 0.5) is 11.4 Å². The van der Waals surface area contributed by atoms with Gasteiger partial charge in [0.15, 0.2) is 5.75 Å². The van der Waals surface area contributed by atoms with E-state index in [1.165, 1.54) is 6.07 Å². The van der Waals surface area contributed by atoms with Gasteiger partial charge in [-0.15, -0.1) is 0 Å². The number of ether oxygens (including phenoxy) is 1. The zero-order valence-corrected chi connectivity index (χ0v) is 12.3. The molecule has 0 atom stereocenters. The van der Waals surface area contributed by atoms with E-state index in [9.17, 15) is 14.9 Å². The third kappa shape index (κ3) is 3.71. The van der Waals surface area contributed by atoms with E-state index in [2.05, 4.69) is 4.90 Å². The molecule has 0 unspecified atom stereocenters. The molecule has 0 radical (unpaired) electrons. The number of carbonyl (C=O) groups is 1. The van der Waals surface area contributed by atoms with Gasteiger partial charge in [-0.3, -0.25) is 10.1 Å². The molecule has 6 heteroatoms. The minimum atomic E-state index is -0.430. The highest BCUT2D eigenvalue weighted by atomic mass is 16.6. The molecule has 0 aliphatic carbocycles. The second-order valence-corrected chi connectivity index (χ2v) is 5.54. The predicted molar refractivity (Wildman–Crippen MR) is 79.9 cm³/mol. The standard InChI is InChI=1S/C15H20N2O4/c1-11(2)21-15-9-13(3-4-14(15)17(19)20)16-7-5-12(10-18)6-8-16/h3-4,9-12H,5-8H2,1-2H3. The number of hydrogen-bond donors (Lipinski definition) is 0. The Kier molecular flexibility index (Phi) is 4.77. The fraction of sp³-hybridized carbons (Fsp3) is 0.533. The Morgan fingerprint density at radius 3 is 2.57 bits per heavy atom. The van der Waals surface area contributed by atoms with Crippen LogP contribution < -0.4 is 9.64 Å². The van der Waals surface area contributed by atoms with Crippen molar-refractivity contribution in [2.75, 3.05) is 18.0 Å². The number of piperidine rings is 1. The zero-order chi connectivity index (χ0) is 15.4. The van der Waals surface area contributed by atoms with Gasteiger partial charge in [0.2, 0.25) is 0 Å². The zero-order valence-electron chi connectivity index (χ0n) is 12.3. The van der Waals surface area contributed by atoms with Gasteiger partial charge >= 0.3 is 5.69 Å². The highest BCUT2D eigenvalue weighted by Gasteiger charge is 2.22. The normalized spacial score (nSPS) is 16.0. The number of hydrogen-bond acceptors (Lipinski definition) is 5. The first kappa shape index (κ1) is 15.3. The first-order chi connectivity index (χ1) is 10.0. The van der Waals surface area contributed by atoms with Crippen LogP contribution in [0.1, 0.15) is 26.7 Å². The maximum atomic E-state index is 11.0. The summed E-state index contributed by atoms with van der Waals surface area (Å²) >= 11 is 0. The van der Waals surface area contributed by atoms with Crippen molar-refractivity contribution in [2.45, 2.75) is 32.8 Å². The molecule has 0 amide bonds. The number of aldehydes is 1. The van der Waals surface area contributed by atoms with Gasteiger partial charge in [-0.1, -0.05) is 0 Å². The van der Waals surface area contributed by atoms with E-state index in [-0.39, 0.29) is 17.7 Å². The molecular weight excluding hydrogens is 272 g/mol. The number of nitrogens with zero attached hydrogens (tertiary/aromatic N) is 2. The smallest absolute Gasteiger partial charge is 0.311 e. The Labute approximate surface area is 123 Å². The van der Waals surface area contributed by atoms with Gasteiger partial charge < -0.3 is 14.4 Å². The van der Waals surface area contributed by atoms with Gasteiger partial charge in [-0.25, -0.2) is 0 Å². The summed E-state index contributed by atoms with van der Waals surface area (Å²) in [6.07, 6.45) is 2.53. The maximum absolute atomic E-state index is 11.0. The largest absolute Gasteiger partial charge is 0.484 e. The lowest BCUT2D eigenvalue weighted by Crippen LogP contribution is -2.34. The van der Waals surface area contributed by atoms with Gasteiger partial charge in [-0.2, -0.15) is 0 Å². The number of carbonyl (C=O) groups excluding carboxylic acids is 1. The second kappa shape index (κ2) is 6.56. The molecule has 0 aromatic heterocycles. The third-order valence-corrected chi connectivity index (χ3v) is 3.60. The average Bonchev–Trinajstić information content (AvgIpc) is 2.46. The van der Waals surface area contributed by atoms with Crippen LogP contribution in [-0.4, -0.2) is 30.4 Å². The number of anilines is 1. The number of rotatable bonds is 5. The molecule has 21 heavy (non-hydrogen) atoms. The molecule has 1 aliphatic heterocycles. The molecule has 1 heterocycles. The minimum Gasteiger partial charge on any atom is -0.484 e. The van der Waals surface area contributed by atoms with Gasteiger partial charge in [0.25, 0.3) is 0 Å². The van der Waals surface area contributed by atoms with Crippen LogP contribution in [0.5, 0.6) is 5.75 Å². The van der Waals surface area contributed by atoms with Crippen molar-refractivity contribution in [3.63, 3.8) is 0 Å². The van der Waals surface area contributed by atoms with E-state index in [1.807, 2.05) is 13.8 Å². The van der Waals surface area contributed by atoms with Crippen molar-refractivity contribution < 1.29 is 14.5 Å². The van der Waals surface area contributed by atoms with Crippen molar-refractivity contribution in [2.24, 2.45) is 5.92 Å². The number of benzene rings is 1. The van der Waals surface area contributed by atoms with Crippen molar-refractivity contribution in [1.82, 2.24) is 0 Å². The topological polar surface area (TPSA) is 72.7 Å². The van der Waals surface area contributed by atoms with Gasteiger partial charge in [0.1, 0.15) is 6.29 Å². The van der Waals surface area contributed by atoms with E-state index in [1.54, 1.807) is 12.1 Å². The van der Waals surface area contributed by atoms with Crippen LogP contribution >= 0.6 is 0 Å². The highest BCUT2D eigenvalue weighted by Crippen LogP contribution is 2.33. The first-order valence-electron chi connectivity index (χ1n) is 7.16. The molecule has 6 nitrogen and oxygen atoms in total. The number of nitro groups is 1. The van der Waals surface area contributed by atoms with Crippen LogP contribution in [-0.2, 0) is 4.79 Å². The van der Waals surface area contributed by atoms with E-state index >= 15 is 0 Å². The second-order valence-electron chi connectivity index (χ2n) is 5.54. The van der Waals surface area contributed by atoms with E-state index in [4.69, 9.17) is 4.74 Å². The molecule has 1 aromatic carbocycles. The van der Waals surface area contributed by atoms with Crippen molar-refractivity contribution in [3.8, 4) is 5.75 Å². The molecule has 1 fully saturated rings. The van der Waals surface area contributed by atoms with Crippen molar-refractivity contribution in [3.05, 3.63) is 28.3 Å². The van der Waals surface area contributed by atoms with Crippen LogP contribution in [0.3, 0.4) is 0 Å². The minimum absolute atomic E-state index is 0.0183. The van der Waals surface area contributed by atoms with E-state index in [0.717, 1.165) is 37.9 Å². The van der Waals surface area contributed by atoms with E-state index in [0.29, 0.717) is 5.75 Å². The van der Waals surface area contributed by atoms with Crippen LogP contribution in [0.15, 0.2) is 18.2 Å². The summed E-state index contributed by atoms with van der Waals surface area (Å²) in [6, 6.07) is 4.95. The summed E-state index contributed by atoms with van der Waals surface area (Å²) in [7, 11) is 0. The summed E-state index contributed by atoms with van der Waals surface area (Å²) in [5.41, 5.74) is 0.885. The molecule has 114 valence electrons. The molecule has 1 aliphatic rings. The SMILES string of the molecule is CC(C)Oc1cc(N2CCC(C=O)CC2)ccc1[N+](=O)[O-]. The van der Waals surface area contributed by atoms with Crippen LogP contribution in [0.2, 0.25) is 0 Å². The first-order valence-corrected chi connectivity index (χ1v) is 7.16. The molecular formula is C15H20N2O4. The Morgan fingerprint density at radius 1 is 1.38 bits per heavy atom. The van der Waals surface area contributed by atoms with Gasteiger partial charge in [0, 0.05) is 36.8 Å². The monoisotopic (exact) mass is 292 g/mol. The fourth-order valence-electron chi connectivity index (χ4n) is 2.49. The summed E-state index contributed by atoms with van der Waals surface area (Å²) in [6.45, 7) is 5.24. The molecule has 0 spiro atoms. The van der Waals surface area contributed by atoms with Gasteiger partial charge in [-0.05, 0) is 32.8 Å². The van der Waals surface area contributed by atoms with Gasteiger partial charge in [0.05, 0.1) is 11.0 Å². The molecule has 0 saturated carbocycles. The van der Waals surface area contributed by atoms with Crippen molar-refractivity contribution >= 4 is 17.7 Å². The molecule has 1 saturated heterocycles. The Balaban J connectivity index is 2.21. The molecule has 1 aromatic rings. The highest BCUT2D eigenvalue weighted by molar-refractivity contribution is 5.60. The number of nitro benzene ring substituents is 1. The lowest BCUT2D eigenvalue weighted by Gasteiger charge is -2.31. The summed E-state index contributed by atoms with van der Waals surface area (Å²) in [4.78, 5) is 23.5. The Bertz CT molecular complexity index is 522. The van der Waals surface area contributed by atoms with Crippen LogP contribution in [0, 0.1) is 16.0 Å². The Morgan fingerprint density at radius 2 is 2.05 bits per heavy atom. The lowest BCUT2D eigenvalue weighted by molar-refractivity contribution is -0.386. The van der Waals surface area contributed by atoms with E-state index < -0.39 is 4.92 Å². The van der Waals surface area contributed by atoms with Crippen molar-refractivity contribution in [1.29, 1.82) is 0 Å². The molecule has 0 N–H and O–H groups in total. The summed E-state index contributed by atoms with van der Waals surface area (Å²) in [5.74, 6) is 0.427. The van der Waals surface area contributed by atoms with Crippen LogP contribution in [0.25, 0.3) is 0 Å².